The lowest BCUT2D eigenvalue weighted by Gasteiger charge is -2.39. The minimum absolute atomic E-state index is 0.596. The Labute approximate surface area is 128 Å². The molecule has 2 nitrogen and oxygen atoms in total. The van der Waals surface area contributed by atoms with Crippen LogP contribution in [0.25, 0.3) is 0 Å². The maximum absolute atomic E-state index is 11.0. The van der Waals surface area contributed by atoms with Gasteiger partial charge in [-0.25, -0.2) is 0 Å². The molecule has 21 heavy (non-hydrogen) atoms. The summed E-state index contributed by atoms with van der Waals surface area (Å²) in [7, 11) is 0. The number of aliphatic hydroxyl groups excluding tert-OH is 1. The molecule has 0 spiro atoms. The number of benzene rings is 1. The van der Waals surface area contributed by atoms with Gasteiger partial charge >= 0.3 is 0 Å². The van der Waals surface area contributed by atoms with E-state index in [9.17, 15) is 10.4 Å². The third-order valence-electron chi connectivity index (χ3n) is 5.26. The predicted octanol–water partition coefficient (Wildman–Crippen LogP) is 4.84. The SMILES string of the molecule is CCCC1CCC(C#N)(C(O)c2c(C)cccc2C)CC1. The second kappa shape index (κ2) is 6.62. The first-order valence-electron chi connectivity index (χ1n) is 8.19. The fourth-order valence-electron chi connectivity index (χ4n) is 3.87. The summed E-state index contributed by atoms with van der Waals surface area (Å²) in [5.74, 6) is 0.738. The highest BCUT2D eigenvalue weighted by atomic mass is 16.3. The predicted molar refractivity (Wildman–Crippen MR) is 85.8 cm³/mol. The van der Waals surface area contributed by atoms with Gasteiger partial charge in [-0.3, -0.25) is 0 Å². The molecule has 2 rings (SSSR count). The molecule has 1 aromatic carbocycles. The molecule has 1 aliphatic rings. The van der Waals surface area contributed by atoms with Gasteiger partial charge in [0.25, 0.3) is 0 Å². The fourth-order valence-corrected chi connectivity index (χ4v) is 3.87. The van der Waals surface area contributed by atoms with Gasteiger partial charge in [-0.1, -0.05) is 38.0 Å². The van der Waals surface area contributed by atoms with Crippen LogP contribution < -0.4 is 0 Å². The smallest absolute Gasteiger partial charge is 0.0981 e. The fraction of sp³-hybridized carbons (Fsp3) is 0.632. The summed E-state index contributed by atoms with van der Waals surface area (Å²) < 4.78 is 0. The van der Waals surface area contributed by atoms with Crippen LogP contribution in [0.3, 0.4) is 0 Å². The number of hydrogen-bond donors (Lipinski definition) is 1. The summed E-state index contributed by atoms with van der Waals surface area (Å²) in [6, 6.07) is 8.55. The summed E-state index contributed by atoms with van der Waals surface area (Å²) in [5.41, 5.74) is 2.55. The molecule has 1 N–H and O–H groups in total. The second-order valence-electron chi connectivity index (χ2n) is 6.71. The molecule has 0 amide bonds. The quantitative estimate of drug-likeness (QED) is 0.860. The Hall–Kier alpha value is -1.33. The zero-order valence-corrected chi connectivity index (χ0v) is 13.5. The highest BCUT2D eigenvalue weighted by molar-refractivity contribution is 5.37. The van der Waals surface area contributed by atoms with Gasteiger partial charge in [0.1, 0.15) is 0 Å². The first-order valence-corrected chi connectivity index (χ1v) is 8.19. The average molecular weight is 285 g/mol. The van der Waals surface area contributed by atoms with Crippen molar-refractivity contribution in [3.8, 4) is 6.07 Å². The third kappa shape index (κ3) is 3.14. The molecule has 1 atom stereocenters. The largest absolute Gasteiger partial charge is 0.387 e. The van der Waals surface area contributed by atoms with Gasteiger partial charge in [-0.05, 0) is 62.1 Å². The van der Waals surface area contributed by atoms with E-state index in [1.54, 1.807) is 0 Å². The molecule has 0 heterocycles. The van der Waals surface area contributed by atoms with E-state index < -0.39 is 11.5 Å². The monoisotopic (exact) mass is 285 g/mol. The van der Waals surface area contributed by atoms with Crippen LogP contribution in [0.2, 0.25) is 0 Å². The molecule has 1 saturated carbocycles. The number of aryl methyl sites for hydroxylation is 2. The maximum Gasteiger partial charge on any atom is 0.0981 e. The summed E-state index contributed by atoms with van der Waals surface area (Å²) in [5, 5.41) is 20.7. The lowest BCUT2D eigenvalue weighted by molar-refractivity contribution is 0.0228. The van der Waals surface area contributed by atoms with Gasteiger partial charge in [0.2, 0.25) is 0 Å². The zero-order chi connectivity index (χ0) is 15.5. The summed E-state index contributed by atoms with van der Waals surface area (Å²) in [6.45, 7) is 6.27. The summed E-state index contributed by atoms with van der Waals surface area (Å²) in [4.78, 5) is 0. The van der Waals surface area contributed by atoms with E-state index in [0.717, 1.165) is 48.3 Å². The average Bonchev–Trinajstić information content (AvgIpc) is 2.48. The van der Waals surface area contributed by atoms with Crippen LogP contribution in [-0.2, 0) is 0 Å². The van der Waals surface area contributed by atoms with E-state index in [4.69, 9.17) is 0 Å². The van der Waals surface area contributed by atoms with E-state index in [-0.39, 0.29) is 0 Å². The number of nitrogens with zero attached hydrogens (tertiary/aromatic N) is 1. The van der Waals surface area contributed by atoms with Gasteiger partial charge in [0.15, 0.2) is 0 Å². The van der Waals surface area contributed by atoms with Crippen molar-refractivity contribution < 1.29 is 5.11 Å². The van der Waals surface area contributed by atoms with Crippen molar-refractivity contribution in [2.45, 2.75) is 65.4 Å². The van der Waals surface area contributed by atoms with Gasteiger partial charge in [0.05, 0.1) is 17.6 Å². The van der Waals surface area contributed by atoms with Crippen molar-refractivity contribution in [1.82, 2.24) is 0 Å². The maximum atomic E-state index is 11.0. The molecule has 1 unspecified atom stereocenters. The van der Waals surface area contributed by atoms with Crippen LogP contribution in [0.1, 0.15) is 68.2 Å². The van der Waals surface area contributed by atoms with Crippen molar-refractivity contribution in [2.75, 3.05) is 0 Å². The Bertz CT molecular complexity index is 501. The standard InChI is InChI=1S/C19H27NO/c1-4-6-16-9-11-19(13-20,12-10-16)18(21)17-14(2)7-5-8-15(17)3/h5,7-8,16,18,21H,4,6,9-12H2,1-3H3. The Kier molecular flexibility index (Phi) is 5.06. The van der Waals surface area contributed by atoms with Crippen LogP contribution in [0.4, 0.5) is 0 Å². The van der Waals surface area contributed by atoms with Crippen molar-refractivity contribution in [3.05, 3.63) is 34.9 Å². The Morgan fingerprint density at radius 3 is 2.33 bits per heavy atom. The number of nitriles is 1. The van der Waals surface area contributed by atoms with Crippen LogP contribution in [0.5, 0.6) is 0 Å². The molecule has 2 heteroatoms. The van der Waals surface area contributed by atoms with Gasteiger partial charge < -0.3 is 5.11 Å². The molecule has 0 aromatic heterocycles. The second-order valence-corrected chi connectivity index (χ2v) is 6.71. The summed E-state index contributed by atoms with van der Waals surface area (Å²) in [6.07, 6.45) is 5.59. The molecule has 114 valence electrons. The van der Waals surface area contributed by atoms with Gasteiger partial charge in [-0.2, -0.15) is 5.26 Å². The van der Waals surface area contributed by atoms with E-state index in [0.29, 0.717) is 0 Å². The van der Waals surface area contributed by atoms with Crippen molar-refractivity contribution in [2.24, 2.45) is 11.3 Å². The minimum atomic E-state index is -0.661. The Balaban J connectivity index is 2.24. The molecule has 0 saturated heterocycles. The lowest BCUT2D eigenvalue weighted by Crippen LogP contribution is -2.33. The van der Waals surface area contributed by atoms with Gasteiger partial charge in [-0.15, -0.1) is 0 Å². The molecule has 1 aromatic rings. The normalized spacial score (nSPS) is 27.1. The summed E-state index contributed by atoms with van der Waals surface area (Å²) >= 11 is 0. The molecule has 1 fully saturated rings. The van der Waals surface area contributed by atoms with Crippen LogP contribution in [-0.4, -0.2) is 5.11 Å². The van der Waals surface area contributed by atoms with Crippen LogP contribution >= 0.6 is 0 Å². The van der Waals surface area contributed by atoms with E-state index in [1.807, 2.05) is 32.0 Å². The van der Waals surface area contributed by atoms with E-state index >= 15 is 0 Å². The first-order chi connectivity index (χ1) is 10.0. The van der Waals surface area contributed by atoms with Crippen LogP contribution in [0, 0.1) is 36.5 Å². The van der Waals surface area contributed by atoms with Crippen LogP contribution in [0.15, 0.2) is 18.2 Å². The topological polar surface area (TPSA) is 44.0 Å². The highest BCUT2D eigenvalue weighted by Gasteiger charge is 2.43. The van der Waals surface area contributed by atoms with Crippen molar-refractivity contribution in [3.63, 3.8) is 0 Å². The first kappa shape index (κ1) is 16.0. The molecule has 0 bridgehead atoms. The van der Waals surface area contributed by atoms with E-state index in [2.05, 4.69) is 13.0 Å². The molecule has 0 radical (unpaired) electrons. The lowest BCUT2D eigenvalue weighted by atomic mass is 9.65. The zero-order valence-electron chi connectivity index (χ0n) is 13.5. The highest BCUT2D eigenvalue weighted by Crippen LogP contribution is 2.49. The van der Waals surface area contributed by atoms with E-state index in [1.165, 1.54) is 12.8 Å². The number of aliphatic hydroxyl groups is 1. The van der Waals surface area contributed by atoms with Crippen molar-refractivity contribution in [1.29, 1.82) is 5.26 Å². The molecule has 1 aliphatic carbocycles. The number of hydrogen-bond acceptors (Lipinski definition) is 2. The molecular weight excluding hydrogens is 258 g/mol. The number of rotatable bonds is 4. The molecular formula is C19H27NO. The third-order valence-corrected chi connectivity index (χ3v) is 5.26. The van der Waals surface area contributed by atoms with Gasteiger partial charge in [0, 0.05) is 0 Å². The molecule has 0 aliphatic heterocycles. The Morgan fingerprint density at radius 1 is 1.29 bits per heavy atom. The van der Waals surface area contributed by atoms with Crippen molar-refractivity contribution >= 4 is 0 Å². The Morgan fingerprint density at radius 2 is 1.86 bits per heavy atom. The minimum Gasteiger partial charge on any atom is -0.387 e.